The molecule has 1 aliphatic heterocycles. The van der Waals surface area contributed by atoms with Crippen LogP contribution in [0.25, 0.3) is 0 Å². The number of ether oxygens (including phenoxy) is 1. The zero-order valence-electron chi connectivity index (χ0n) is 14.9. The Bertz CT molecular complexity index is 727. The molecule has 1 aromatic carbocycles. The lowest BCUT2D eigenvalue weighted by Gasteiger charge is -2.30. The Kier molecular flexibility index (Phi) is 4.72. The predicted molar refractivity (Wildman–Crippen MR) is 100 cm³/mol. The molecule has 25 heavy (non-hydrogen) atoms. The molecule has 0 saturated heterocycles. The zero-order valence-corrected chi connectivity index (χ0v) is 14.9. The van der Waals surface area contributed by atoms with E-state index in [-0.39, 0.29) is 0 Å². The first-order valence-corrected chi connectivity index (χ1v) is 9.32. The van der Waals surface area contributed by atoms with E-state index in [0.717, 1.165) is 37.0 Å². The van der Waals surface area contributed by atoms with Gasteiger partial charge in [0.2, 0.25) is 5.95 Å². The Morgan fingerprint density at radius 2 is 2.00 bits per heavy atom. The fourth-order valence-electron chi connectivity index (χ4n) is 3.88. The van der Waals surface area contributed by atoms with Crippen LogP contribution in [0.15, 0.2) is 30.5 Å². The lowest BCUT2D eigenvalue weighted by atomic mass is 9.96. The Labute approximate surface area is 149 Å². The molecular formula is C20H26N4O. The van der Waals surface area contributed by atoms with Gasteiger partial charge in [0.15, 0.2) is 0 Å². The van der Waals surface area contributed by atoms with Crippen molar-refractivity contribution in [1.82, 2.24) is 9.97 Å². The van der Waals surface area contributed by atoms with Gasteiger partial charge in [-0.15, -0.1) is 0 Å². The van der Waals surface area contributed by atoms with Crippen molar-refractivity contribution < 1.29 is 4.74 Å². The highest BCUT2D eigenvalue weighted by Crippen LogP contribution is 2.27. The summed E-state index contributed by atoms with van der Waals surface area (Å²) in [5.41, 5.74) is 2.73. The molecule has 5 heteroatoms. The predicted octanol–water partition coefficient (Wildman–Crippen LogP) is 3.79. The Morgan fingerprint density at radius 3 is 2.84 bits per heavy atom. The van der Waals surface area contributed by atoms with Crippen molar-refractivity contribution in [2.24, 2.45) is 0 Å². The summed E-state index contributed by atoms with van der Waals surface area (Å²) in [6.07, 6.45) is 9.32. The van der Waals surface area contributed by atoms with Crippen LogP contribution in [0.3, 0.4) is 0 Å². The summed E-state index contributed by atoms with van der Waals surface area (Å²) in [6.45, 7) is 1.86. The molecule has 1 aromatic heterocycles. The fourth-order valence-corrected chi connectivity index (χ4v) is 3.88. The van der Waals surface area contributed by atoms with Crippen LogP contribution < -0.4 is 15.0 Å². The van der Waals surface area contributed by atoms with E-state index in [9.17, 15) is 0 Å². The van der Waals surface area contributed by atoms with Gasteiger partial charge in [0, 0.05) is 25.3 Å². The van der Waals surface area contributed by atoms with Crippen molar-refractivity contribution >= 4 is 11.8 Å². The number of anilines is 2. The quantitative estimate of drug-likeness (QED) is 0.919. The number of methoxy groups -OCH3 is 1. The number of fused-ring (bicyclic) bond motifs is 1. The van der Waals surface area contributed by atoms with Crippen molar-refractivity contribution in [2.45, 2.75) is 51.1 Å². The Morgan fingerprint density at radius 1 is 1.12 bits per heavy atom. The largest absolute Gasteiger partial charge is 0.497 e. The van der Waals surface area contributed by atoms with Crippen LogP contribution in [0.1, 0.15) is 43.2 Å². The summed E-state index contributed by atoms with van der Waals surface area (Å²) < 4.78 is 5.34. The van der Waals surface area contributed by atoms with Crippen LogP contribution in [0, 0.1) is 0 Å². The molecule has 132 valence electrons. The monoisotopic (exact) mass is 338 g/mol. The van der Waals surface area contributed by atoms with Gasteiger partial charge in [0.25, 0.3) is 0 Å². The highest BCUT2D eigenvalue weighted by Gasteiger charge is 2.19. The molecule has 0 unspecified atom stereocenters. The molecule has 0 bridgehead atoms. The zero-order chi connectivity index (χ0) is 17.1. The molecule has 5 nitrogen and oxygen atoms in total. The number of hydrogen-bond donors (Lipinski definition) is 1. The summed E-state index contributed by atoms with van der Waals surface area (Å²) in [7, 11) is 1.72. The van der Waals surface area contributed by atoms with Gasteiger partial charge < -0.3 is 15.0 Å². The third kappa shape index (κ3) is 3.70. The van der Waals surface area contributed by atoms with Gasteiger partial charge in [-0.3, -0.25) is 0 Å². The van der Waals surface area contributed by atoms with E-state index in [0.29, 0.717) is 6.04 Å². The molecule has 2 heterocycles. The van der Waals surface area contributed by atoms with E-state index in [2.05, 4.69) is 27.3 Å². The molecular weight excluding hydrogens is 312 g/mol. The van der Waals surface area contributed by atoms with Crippen LogP contribution in [0.5, 0.6) is 5.75 Å². The van der Waals surface area contributed by atoms with E-state index in [4.69, 9.17) is 9.72 Å². The van der Waals surface area contributed by atoms with E-state index < -0.39 is 0 Å². The molecule has 1 N–H and O–H groups in total. The first-order chi connectivity index (χ1) is 12.3. The number of hydrogen-bond acceptors (Lipinski definition) is 5. The van der Waals surface area contributed by atoms with E-state index in [1.807, 2.05) is 18.3 Å². The van der Waals surface area contributed by atoms with E-state index in [1.165, 1.54) is 43.2 Å². The van der Waals surface area contributed by atoms with Crippen LogP contribution in [-0.2, 0) is 13.0 Å². The van der Waals surface area contributed by atoms with Crippen molar-refractivity contribution in [3.8, 4) is 5.75 Å². The summed E-state index contributed by atoms with van der Waals surface area (Å²) in [5.74, 6) is 2.72. The Balaban J connectivity index is 1.47. The van der Waals surface area contributed by atoms with Crippen LogP contribution in [0.4, 0.5) is 11.8 Å². The van der Waals surface area contributed by atoms with Crippen LogP contribution in [-0.4, -0.2) is 29.7 Å². The lowest BCUT2D eigenvalue weighted by Crippen LogP contribution is -2.31. The van der Waals surface area contributed by atoms with Crippen LogP contribution >= 0.6 is 0 Å². The maximum absolute atomic E-state index is 5.34. The van der Waals surface area contributed by atoms with Crippen LogP contribution in [0.2, 0.25) is 0 Å². The second-order valence-corrected chi connectivity index (χ2v) is 7.02. The van der Waals surface area contributed by atoms with Gasteiger partial charge in [-0.25, -0.2) is 4.98 Å². The second-order valence-electron chi connectivity index (χ2n) is 7.02. The van der Waals surface area contributed by atoms with Gasteiger partial charge in [-0.1, -0.05) is 25.3 Å². The number of rotatable bonds is 4. The first kappa shape index (κ1) is 16.2. The van der Waals surface area contributed by atoms with Crippen molar-refractivity contribution in [3.05, 3.63) is 41.6 Å². The second kappa shape index (κ2) is 7.30. The highest BCUT2D eigenvalue weighted by molar-refractivity contribution is 5.48. The fraction of sp³-hybridized carbons (Fsp3) is 0.500. The first-order valence-electron chi connectivity index (χ1n) is 9.32. The SMILES string of the molecule is COc1ccc2c(c1)CCN(c1ccnc(NC3CCCCC3)n1)C2. The van der Waals surface area contributed by atoms with E-state index >= 15 is 0 Å². The normalized spacial score (nSPS) is 17.9. The smallest absolute Gasteiger partial charge is 0.224 e. The summed E-state index contributed by atoms with van der Waals surface area (Å²) in [6, 6.07) is 8.91. The average molecular weight is 338 g/mol. The van der Waals surface area contributed by atoms with Gasteiger partial charge in [-0.2, -0.15) is 4.98 Å². The van der Waals surface area contributed by atoms with Crippen molar-refractivity contribution in [1.29, 1.82) is 0 Å². The molecule has 1 aliphatic carbocycles. The minimum absolute atomic E-state index is 0.526. The van der Waals surface area contributed by atoms with Gasteiger partial charge in [-0.05, 0) is 48.6 Å². The molecule has 1 fully saturated rings. The third-order valence-electron chi connectivity index (χ3n) is 5.33. The summed E-state index contributed by atoms with van der Waals surface area (Å²) >= 11 is 0. The molecule has 0 spiro atoms. The number of nitrogens with one attached hydrogen (secondary N) is 1. The minimum Gasteiger partial charge on any atom is -0.497 e. The lowest BCUT2D eigenvalue weighted by molar-refractivity contribution is 0.413. The number of aromatic nitrogens is 2. The van der Waals surface area contributed by atoms with Gasteiger partial charge in [0.05, 0.1) is 7.11 Å². The maximum atomic E-state index is 5.34. The standard InChI is InChI=1S/C20H26N4O/c1-25-18-8-7-16-14-24(12-10-15(16)13-18)19-9-11-21-20(23-19)22-17-5-3-2-4-6-17/h7-9,11,13,17H,2-6,10,12,14H2,1H3,(H,21,22,23). The number of nitrogens with zero attached hydrogens (tertiary/aromatic N) is 3. The maximum Gasteiger partial charge on any atom is 0.224 e. The molecule has 4 rings (SSSR count). The molecule has 1 saturated carbocycles. The third-order valence-corrected chi connectivity index (χ3v) is 5.33. The molecule has 2 aliphatic rings. The molecule has 0 radical (unpaired) electrons. The van der Waals surface area contributed by atoms with E-state index in [1.54, 1.807) is 7.11 Å². The highest BCUT2D eigenvalue weighted by atomic mass is 16.5. The molecule has 2 aromatic rings. The Hall–Kier alpha value is -2.30. The van der Waals surface area contributed by atoms with Crippen molar-refractivity contribution in [3.63, 3.8) is 0 Å². The summed E-state index contributed by atoms with van der Waals surface area (Å²) in [5, 5.41) is 3.53. The number of benzene rings is 1. The minimum atomic E-state index is 0.526. The molecule has 0 atom stereocenters. The molecule has 0 amide bonds. The topological polar surface area (TPSA) is 50.3 Å². The van der Waals surface area contributed by atoms with Gasteiger partial charge in [0.1, 0.15) is 11.6 Å². The summed E-state index contributed by atoms with van der Waals surface area (Å²) in [4.78, 5) is 11.5. The average Bonchev–Trinajstić information content (AvgIpc) is 2.68. The van der Waals surface area contributed by atoms with Gasteiger partial charge >= 0.3 is 0 Å². The van der Waals surface area contributed by atoms with Crippen molar-refractivity contribution in [2.75, 3.05) is 23.9 Å².